The molecule has 0 radical (unpaired) electrons. The normalized spacial score (nSPS) is 16.2. The fourth-order valence-electron chi connectivity index (χ4n) is 2.61. The van der Waals surface area contributed by atoms with Gasteiger partial charge in [0.15, 0.2) is 5.13 Å². The van der Waals surface area contributed by atoms with Crippen LogP contribution in [0.1, 0.15) is 36.4 Å². The van der Waals surface area contributed by atoms with Crippen molar-refractivity contribution in [3.05, 3.63) is 10.9 Å². The minimum Gasteiger partial charge on any atom is -0.480 e. The molecule has 1 aliphatic rings. The second-order valence-electron chi connectivity index (χ2n) is 6.00. The number of aliphatic carboxylic acids is 1. The fourth-order valence-corrected chi connectivity index (χ4v) is 4.77. The average molecular weight is 353 g/mol. The summed E-state index contributed by atoms with van der Waals surface area (Å²) in [6, 6.07) is 0.932. The van der Waals surface area contributed by atoms with E-state index in [1.807, 2.05) is 6.07 Å². The molecule has 3 rings (SSSR count). The van der Waals surface area contributed by atoms with Crippen LogP contribution in [0.4, 0.5) is 5.13 Å². The van der Waals surface area contributed by atoms with Crippen molar-refractivity contribution in [2.24, 2.45) is 5.92 Å². The van der Waals surface area contributed by atoms with E-state index in [9.17, 15) is 9.59 Å². The van der Waals surface area contributed by atoms with Crippen molar-refractivity contribution < 1.29 is 14.7 Å². The highest BCUT2D eigenvalue weighted by molar-refractivity contribution is 7.29. The number of thiazole rings is 1. The lowest BCUT2D eigenvalue weighted by atomic mass is 10.0. The smallest absolute Gasteiger partial charge is 0.326 e. The Bertz CT molecular complexity index is 700. The number of hydrogen-bond acceptors (Lipinski definition) is 6. The van der Waals surface area contributed by atoms with E-state index in [2.05, 4.69) is 15.2 Å². The number of thiophene rings is 1. The molecule has 1 aliphatic heterocycles. The van der Waals surface area contributed by atoms with Gasteiger partial charge in [0, 0.05) is 13.1 Å². The lowest BCUT2D eigenvalue weighted by Gasteiger charge is -2.17. The minimum atomic E-state index is -1.01. The molecule has 1 atom stereocenters. The van der Waals surface area contributed by atoms with Gasteiger partial charge in [-0.15, -0.1) is 11.3 Å². The Hall–Kier alpha value is -1.67. The van der Waals surface area contributed by atoms with Gasteiger partial charge in [-0.3, -0.25) is 4.79 Å². The number of amides is 1. The number of carboxylic acid groups (broad SMARTS) is 1. The Kier molecular flexibility index (Phi) is 4.54. The molecule has 0 spiro atoms. The summed E-state index contributed by atoms with van der Waals surface area (Å²) < 4.78 is 0.985. The maximum absolute atomic E-state index is 12.3. The third kappa shape index (κ3) is 3.32. The highest BCUT2D eigenvalue weighted by Crippen LogP contribution is 2.35. The van der Waals surface area contributed by atoms with Gasteiger partial charge in [-0.1, -0.05) is 25.2 Å². The van der Waals surface area contributed by atoms with Crippen LogP contribution in [0.25, 0.3) is 9.53 Å². The number of aromatic nitrogens is 1. The SMILES string of the molecule is CC(C)[C@H](NC(=O)c1cc2sc(N3CCCC3)nc2s1)C(=O)O. The van der Waals surface area contributed by atoms with Gasteiger partial charge in [-0.2, -0.15) is 0 Å². The van der Waals surface area contributed by atoms with Gasteiger partial charge in [0.1, 0.15) is 10.9 Å². The number of nitrogens with one attached hydrogen (secondary N) is 1. The molecule has 2 N–H and O–H groups in total. The van der Waals surface area contributed by atoms with Crippen LogP contribution in [-0.2, 0) is 4.79 Å². The first-order valence-corrected chi connectivity index (χ1v) is 9.28. The molecule has 0 bridgehead atoms. The molecule has 0 saturated carbocycles. The first-order chi connectivity index (χ1) is 11.0. The van der Waals surface area contributed by atoms with Gasteiger partial charge < -0.3 is 15.3 Å². The Morgan fingerprint density at radius 3 is 2.57 bits per heavy atom. The number of carboxylic acids is 1. The zero-order valence-electron chi connectivity index (χ0n) is 13.0. The number of fused-ring (bicyclic) bond motifs is 1. The van der Waals surface area contributed by atoms with Crippen molar-refractivity contribution in [1.29, 1.82) is 0 Å². The van der Waals surface area contributed by atoms with E-state index in [0.29, 0.717) is 4.88 Å². The number of anilines is 1. The Labute approximate surface area is 142 Å². The molecule has 8 heteroatoms. The lowest BCUT2D eigenvalue weighted by Crippen LogP contribution is -2.44. The minimum absolute atomic E-state index is 0.169. The molecule has 2 aromatic heterocycles. The Morgan fingerprint density at radius 1 is 1.30 bits per heavy atom. The van der Waals surface area contributed by atoms with Gasteiger partial charge in [0.25, 0.3) is 5.91 Å². The van der Waals surface area contributed by atoms with Crippen LogP contribution in [0.2, 0.25) is 0 Å². The van der Waals surface area contributed by atoms with E-state index in [-0.39, 0.29) is 11.8 Å². The monoisotopic (exact) mass is 353 g/mol. The molecule has 0 unspecified atom stereocenters. The number of carbonyl (C=O) groups is 2. The second-order valence-corrected chi connectivity index (χ2v) is 8.04. The second kappa shape index (κ2) is 6.45. The fraction of sp³-hybridized carbons (Fsp3) is 0.533. The standard InChI is InChI=1S/C15H19N3O3S2/c1-8(2)11(14(20)21)16-12(19)9-7-10-13(22-9)17-15(23-10)18-5-3-4-6-18/h7-8,11H,3-6H2,1-2H3,(H,16,19)(H,20,21)/t11-/m0/s1. The number of rotatable bonds is 5. The summed E-state index contributed by atoms with van der Waals surface area (Å²) in [5, 5.41) is 12.8. The van der Waals surface area contributed by atoms with Gasteiger partial charge in [0.2, 0.25) is 0 Å². The summed E-state index contributed by atoms with van der Waals surface area (Å²) in [6.07, 6.45) is 2.40. The largest absolute Gasteiger partial charge is 0.480 e. The Morgan fingerprint density at radius 2 is 2.00 bits per heavy atom. The predicted molar refractivity (Wildman–Crippen MR) is 92.7 cm³/mol. The third-order valence-electron chi connectivity index (χ3n) is 3.90. The number of carbonyl (C=O) groups excluding carboxylic acids is 1. The van der Waals surface area contributed by atoms with Crippen LogP contribution in [0, 0.1) is 5.92 Å². The lowest BCUT2D eigenvalue weighted by molar-refractivity contribution is -0.140. The van der Waals surface area contributed by atoms with Gasteiger partial charge in [0.05, 0.1) is 9.58 Å². The average Bonchev–Trinajstić information content (AvgIpc) is 3.17. The Balaban J connectivity index is 1.76. The molecule has 0 aliphatic carbocycles. The molecule has 3 heterocycles. The number of nitrogens with zero attached hydrogens (tertiary/aromatic N) is 2. The van der Waals surface area contributed by atoms with Crippen molar-refractivity contribution in [1.82, 2.24) is 10.3 Å². The summed E-state index contributed by atoms with van der Waals surface area (Å²) in [6.45, 7) is 5.64. The molecule has 124 valence electrons. The first kappa shape index (κ1) is 16.2. The quantitative estimate of drug-likeness (QED) is 0.864. The van der Waals surface area contributed by atoms with E-state index in [1.54, 1.807) is 25.2 Å². The molecule has 2 aromatic rings. The molecule has 0 aromatic carbocycles. The molecule has 23 heavy (non-hydrogen) atoms. The van der Waals surface area contributed by atoms with Crippen LogP contribution in [0.3, 0.4) is 0 Å². The van der Waals surface area contributed by atoms with Crippen molar-refractivity contribution >= 4 is 49.2 Å². The summed E-state index contributed by atoms with van der Waals surface area (Å²) in [5.41, 5.74) is 0. The van der Waals surface area contributed by atoms with E-state index in [0.717, 1.165) is 27.8 Å². The maximum atomic E-state index is 12.3. The third-order valence-corrected chi connectivity index (χ3v) is 6.12. The molecule has 1 saturated heterocycles. The maximum Gasteiger partial charge on any atom is 0.326 e. The highest BCUT2D eigenvalue weighted by atomic mass is 32.1. The first-order valence-electron chi connectivity index (χ1n) is 7.64. The summed E-state index contributed by atoms with van der Waals surface area (Å²) in [7, 11) is 0. The van der Waals surface area contributed by atoms with Crippen LogP contribution in [-0.4, -0.2) is 41.1 Å². The van der Waals surface area contributed by atoms with E-state index < -0.39 is 12.0 Å². The summed E-state index contributed by atoms with van der Waals surface area (Å²) >= 11 is 2.91. The van der Waals surface area contributed by atoms with Crippen molar-refractivity contribution in [2.45, 2.75) is 32.7 Å². The molecule has 6 nitrogen and oxygen atoms in total. The number of hydrogen-bond donors (Lipinski definition) is 2. The molecular weight excluding hydrogens is 334 g/mol. The van der Waals surface area contributed by atoms with E-state index in [1.165, 1.54) is 24.2 Å². The van der Waals surface area contributed by atoms with Gasteiger partial charge >= 0.3 is 5.97 Å². The van der Waals surface area contributed by atoms with Crippen LogP contribution in [0.5, 0.6) is 0 Å². The zero-order valence-corrected chi connectivity index (χ0v) is 14.7. The summed E-state index contributed by atoms with van der Waals surface area (Å²) in [5.74, 6) is -1.53. The van der Waals surface area contributed by atoms with Gasteiger partial charge in [-0.25, -0.2) is 9.78 Å². The molecule has 1 amide bonds. The predicted octanol–water partition coefficient (Wildman–Crippen LogP) is 2.80. The highest BCUT2D eigenvalue weighted by Gasteiger charge is 2.25. The van der Waals surface area contributed by atoms with E-state index >= 15 is 0 Å². The topological polar surface area (TPSA) is 82.5 Å². The van der Waals surface area contributed by atoms with Crippen molar-refractivity contribution in [3.8, 4) is 0 Å². The molecular formula is C15H19N3O3S2. The van der Waals surface area contributed by atoms with Crippen molar-refractivity contribution in [2.75, 3.05) is 18.0 Å². The zero-order chi connectivity index (χ0) is 16.6. The molecule has 1 fully saturated rings. The van der Waals surface area contributed by atoms with Crippen molar-refractivity contribution in [3.63, 3.8) is 0 Å². The van der Waals surface area contributed by atoms with Crippen LogP contribution < -0.4 is 10.2 Å². The van der Waals surface area contributed by atoms with Gasteiger partial charge in [-0.05, 0) is 24.8 Å². The van der Waals surface area contributed by atoms with Crippen LogP contribution in [0.15, 0.2) is 6.07 Å². The summed E-state index contributed by atoms with van der Waals surface area (Å²) in [4.78, 5) is 31.7. The van der Waals surface area contributed by atoms with E-state index in [4.69, 9.17) is 5.11 Å². The van der Waals surface area contributed by atoms with Crippen LogP contribution >= 0.6 is 22.7 Å².